The number of fused-ring (bicyclic) bond motifs is 2. The lowest BCUT2D eigenvalue weighted by Crippen LogP contribution is -2.21. The van der Waals surface area contributed by atoms with Crippen LogP contribution in [0, 0.1) is 0 Å². The third-order valence-electron chi connectivity index (χ3n) is 5.30. The number of carboxylic acids is 1. The lowest BCUT2D eigenvalue weighted by molar-refractivity contribution is -0.192. The predicted octanol–water partition coefficient (Wildman–Crippen LogP) is 5.26. The van der Waals surface area contributed by atoms with Crippen molar-refractivity contribution in [1.82, 2.24) is 15.2 Å². The maximum absolute atomic E-state index is 12.4. The molecule has 2 aromatic heterocycles. The topological polar surface area (TPSA) is 117 Å². The molecule has 11 heteroatoms. The van der Waals surface area contributed by atoms with Gasteiger partial charge in [-0.1, -0.05) is 24.3 Å². The van der Waals surface area contributed by atoms with Crippen molar-refractivity contribution >= 4 is 52.3 Å². The molecular formula is C26H19F3N4O4. The number of halogens is 3. The quantitative estimate of drug-likeness (QED) is 0.324. The van der Waals surface area contributed by atoms with Crippen LogP contribution < -0.4 is 10.1 Å². The van der Waals surface area contributed by atoms with E-state index in [-0.39, 0.29) is 5.91 Å². The van der Waals surface area contributed by atoms with Crippen LogP contribution >= 0.6 is 0 Å². The minimum atomic E-state index is -5.08. The predicted molar refractivity (Wildman–Crippen MR) is 132 cm³/mol. The van der Waals surface area contributed by atoms with Crippen molar-refractivity contribution in [1.29, 1.82) is 0 Å². The summed E-state index contributed by atoms with van der Waals surface area (Å²) in [5.74, 6) is -2.18. The molecular weight excluding hydrogens is 489 g/mol. The molecule has 0 atom stereocenters. The highest BCUT2D eigenvalue weighted by Crippen LogP contribution is 2.35. The summed E-state index contributed by atoms with van der Waals surface area (Å²) in [6.07, 6.45) is 4.21. The molecule has 0 radical (unpaired) electrons. The molecule has 1 aliphatic heterocycles. The number of ether oxygens (including phenoxy) is 1. The Kier molecular flexibility index (Phi) is 7.05. The fraction of sp³-hybridized carbons (Fsp3) is 0.0769. The maximum Gasteiger partial charge on any atom is 0.490 e. The van der Waals surface area contributed by atoms with Crippen LogP contribution in [0.2, 0.25) is 0 Å². The van der Waals surface area contributed by atoms with E-state index >= 15 is 0 Å². The zero-order chi connectivity index (χ0) is 26.6. The second-order valence-electron chi connectivity index (χ2n) is 7.73. The first-order valence-electron chi connectivity index (χ1n) is 10.7. The molecule has 8 nitrogen and oxygen atoms in total. The molecule has 4 aromatic rings. The van der Waals surface area contributed by atoms with E-state index in [0.717, 1.165) is 39.0 Å². The number of methoxy groups -OCH3 is 1. The standard InChI is InChI=1S/C24H18N4O2.C2HF3O2/c1-30-22-14-16(12-18-17-4-2-3-5-19(17)26-24(18)29)13-21-23(22)20(27-28-21)7-6-15-8-10-25-11-9-15;3-2(4,5)1(6)7/h2-14H,1H3,(H,26,29)(H,27,28);(H,6,7)/b7-6+,18-12+;. The normalized spacial score (nSPS) is 13.8. The number of pyridine rings is 1. The van der Waals surface area contributed by atoms with E-state index in [1.54, 1.807) is 19.5 Å². The number of carboxylic acid groups (broad SMARTS) is 1. The monoisotopic (exact) mass is 508 g/mol. The van der Waals surface area contributed by atoms with Crippen molar-refractivity contribution in [3.63, 3.8) is 0 Å². The number of anilines is 1. The number of aromatic amines is 1. The van der Waals surface area contributed by atoms with Gasteiger partial charge in [0, 0.05) is 29.2 Å². The third kappa shape index (κ3) is 5.67. The van der Waals surface area contributed by atoms with Crippen LogP contribution in [0.3, 0.4) is 0 Å². The first kappa shape index (κ1) is 25.2. The van der Waals surface area contributed by atoms with Crippen molar-refractivity contribution < 1.29 is 32.6 Å². The van der Waals surface area contributed by atoms with E-state index in [1.807, 2.05) is 66.8 Å². The van der Waals surface area contributed by atoms with Crippen LogP contribution in [0.1, 0.15) is 22.4 Å². The van der Waals surface area contributed by atoms with Crippen molar-refractivity contribution in [3.8, 4) is 5.75 Å². The van der Waals surface area contributed by atoms with E-state index in [0.29, 0.717) is 11.3 Å². The molecule has 1 amide bonds. The molecule has 0 saturated heterocycles. The Labute approximate surface area is 208 Å². The fourth-order valence-electron chi connectivity index (χ4n) is 3.63. The SMILES string of the molecule is COc1cc(/C=C2/C(=O)Nc3ccccc32)cc2[nH]nc(/C=C/c3ccncc3)c12.O=C(O)C(F)(F)F. The molecule has 3 heterocycles. The lowest BCUT2D eigenvalue weighted by Gasteiger charge is -2.05. The molecule has 0 saturated carbocycles. The van der Waals surface area contributed by atoms with Crippen LogP contribution in [0.5, 0.6) is 5.75 Å². The highest BCUT2D eigenvalue weighted by atomic mass is 19.4. The Bertz CT molecular complexity index is 1530. The van der Waals surface area contributed by atoms with E-state index in [4.69, 9.17) is 14.6 Å². The average molecular weight is 508 g/mol. The number of hydrogen-bond donors (Lipinski definition) is 3. The van der Waals surface area contributed by atoms with E-state index in [1.165, 1.54) is 0 Å². The minimum absolute atomic E-state index is 0.110. The molecule has 0 fully saturated rings. The number of para-hydroxylation sites is 1. The number of nitrogens with zero attached hydrogens (tertiary/aromatic N) is 2. The third-order valence-corrected chi connectivity index (χ3v) is 5.30. The van der Waals surface area contributed by atoms with Gasteiger partial charge in [0.05, 0.1) is 23.7 Å². The molecule has 0 bridgehead atoms. The lowest BCUT2D eigenvalue weighted by atomic mass is 10.0. The van der Waals surface area contributed by atoms with Gasteiger partial charge in [-0.3, -0.25) is 14.9 Å². The van der Waals surface area contributed by atoms with Gasteiger partial charge in [-0.05, 0) is 53.6 Å². The number of hydrogen-bond acceptors (Lipinski definition) is 5. The summed E-state index contributed by atoms with van der Waals surface area (Å²) in [6.45, 7) is 0. The summed E-state index contributed by atoms with van der Waals surface area (Å²) in [4.78, 5) is 25.4. The first-order valence-corrected chi connectivity index (χ1v) is 10.7. The summed E-state index contributed by atoms with van der Waals surface area (Å²) in [7, 11) is 1.63. The summed E-state index contributed by atoms with van der Waals surface area (Å²) < 4.78 is 37.4. The number of H-pyrrole nitrogens is 1. The number of amides is 1. The Morgan fingerprint density at radius 1 is 1.05 bits per heavy atom. The molecule has 37 heavy (non-hydrogen) atoms. The number of benzene rings is 2. The van der Waals surface area contributed by atoms with Crippen LogP contribution in [0.4, 0.5) is 18.9 Å². The molecule has 0 unspecified atom stereocenters. The highest BCUT2D eigenvalue weighted by molar-refractivity contribution is 6.35. The molecule has 0 aliphatic carbocycles. The number of aromatic nitrogens is 3. The van der Waals surface area contributed by atoms with Gasteiger partial charge in [0.25, 0.3) is 5.91 Å². The van der Waals surface area contributed by atoms with Crippen molar-refractivity contribution in [2.45, 2.75) is 6.18 Å². The minimum Gasteiger partial charge on any atom is -0.496 e. The summed E-state index contributed by atoms with van der Waals surface area (Å²) in [6, 6.07) is 15.4. The van der Waals surface area contributed by atoms with Gasteiger partial charge >= 0.3 is 12.1 Å². The first-order chi connectivity index (χ1) is 17.7. The van der Waals surface area contributed by atoms with E-state index < -0.39 is 12.1 Å². The van der Waals surface area contributed by atoms with Crippen LogP contribution in [0.25, 0.3) is 34.7 Å². The smallest absolute Gasteiger partial charge is 0.490 e. The van der Waals surface area contributed by atoms with Crippen LogP contribution in [0.15, 0.2) is 60.9 Å². The van der Waals surface area contributed by atoms with Gasteiger partial charge in [0.2, 0.25) is 0 Å². The molecule has 1 aliphatic rings. The highest BCUT2D eigenvalue weighted by Gasteiger charge is 2.38. The van der Waals surface area contributed by atoms with E-state index in [9.17, 15) is 18.0 Å². The molecule has 5 rings (SSSR count). The Hall–Kier alpha value is -4.93. The number of alkyl halides is 3. The maximum atomic E-state index is 12.4. The van der Waals surface area contributed by atoms with Crippen molar-refractivity contribution in [2.75, 3.05) is 12.4 Å². The van der Waals surface area contributed by atoms with Gasteiger partial charge in [-0.15, -0.1) is 0 Å². The summed E-state index contributed by atoms with van der Waals surface area (Å²) >= 11 is 0. The van der Waals surface area contributed by atoms with Gasteiger partial charge in [0.1, 0.15) is 5.75 Å². The number of nitrogens with one attached hydrogen (secondary N) is 2. The van der Waals surface area contributed by atoms with E-state index in [2.05, 4.69) is 20.5 Å². The van der Waals surface area contributed by atoms with Gasteiger partial charge < -0.3 is 15.2 Å². The number of aliphatic carboxylic acids is 1. The van der Waals surface area contributed by atoms with Crippen LogP contribution in [-0.4, -0.2) is 45.5 Å². The Morgan fingerprint density at radius 2 is 1.76 bits per heavy atom. The fourth-order valence-corrected chi connectivity index (χ4v) is 3.63. The van der Waals surface area contributed by atoms with Crippen LogP contribution in [-0.2, 0) is 9.59 Å². The largest absolute Gasteiger partial charge is 0.496 e. The van der Waals surface area contributed by atoms with Gasteiger partial charge in [-0.25, -0.2) is 4.79 Å². The number of rotatable bonds is 4. The number of carbonyl (C=O) groups excluding carboxylic acids is 1. The second-order valence-corrected chi connectivity index (χ2v) is 7.73. The summed E-state index contributed by atoms with van der Waals surface area (Å²) in [5.41, 5.74) is 5.86. The zero-order valence-electron chi connectivity index (χ0n) is 19.2. The molecule has 0 spiro atoms. The number of carbonyl (C=O) groups is 2. The Balaban J connectivity index is 0.000000405. The van der Waals surface area contributed by atoms with Crippen molar-refractivity contribution in [2.24, 2.45) is 0 Å². The zero-order valence-corrected chi connectivity index (χ0v) is 19.2. The van der Waals surface area contributed by atoms with Crippen molar-refractivity contribution in [3.05, 3.63) is 83.3 Å². The Morgan fingerprint density at radius 3 is 2.43 bits per heavy atom. The summed E-state index contributed by atoms with van der Waals surface area (Å²) in [5, 5.41) is 18.4. The second kappa shape index (κ2) is 10.4. The van der Waals surface area contributed by atoms with Gasteiger partial charge in [-0.2, -0.15) is 18.3 Å². The van der Waals surface area contributed by atoms with Gasteiger partial charge in [0.15, 0.2) is 0 Å². The molecule has 3 N–H and O–H groups in total. The average Bonchev–Trinajstić information content (AvgIpc) is 3.43. The molecule has 188 valence electrons. The molecule has 2 aromatic carbocycles.